The fourth-order valence-corrected chi connectivity index (χ4v) is 2.35. The first-order chi connectivity index (χ1) is 7.72. The molecule has 16 heavy (non-hydrogen) atoms. The van der Waals surface area contributed by atoms with Crippen LogP contribution < -0.4 is 0 Å². The van der Waals surface area contributed by atoms with Gasteiger partial charge in [-0.05, 0) is 44.8 Å². The molecule has 3 heteroatoms. The Labute approximate surface area is 107 Å². The highest BCUT2D eigenvalue weighted by atomic mass is 79.9. The molecule has 0 nitrogen and oxygen atoms in total. The molecule has 2 rings (SSSR count). The third-order valence-corrected chi connectivity index (χ3v) is 3.53. The zero-order valence-electron chi connectivity index (χ0n) is 8.38. The van der Waals surface area contributed by atoms with Crippen LogP contribution in [-0.4, -0.2) is 0 Å². The molecule has 82 valence electrons. The number of hydrogen-bond donors (Lipinski definition) is 0. The molecule has 2 aromatic carbocycles. The van der Waals surface area contributed by atoms with Crippen molar-refractivity contribution >= 4 is 27.5 Å². The Morgan fingerprint density at radius 2 is 1.88 bits per heavy atom. The lowest BCUT2D eigenvalue weighted by Crippen LogP contribution is -1.86. The summed E-state index contributed by atoms with van der Waals surface area (Å²) in [6, 6.07) is 13.1. The van der Waals surface area contributed by atoms with E-state index in [0.29, 0.717) is 10.6 Å². The van der Waals surface area contributed by atoms with E-state index in [9.17, 15) is 4.39 Å². The van der Waals surface area contributed by atoms with Crippen molar-refractivity contribution in [1.82, 2.24) is 0 Å². The van der Waals surface area contributed by atoms with Crippen molar-refractivity contribution in [1.29, 1.82) is 0 Å². The monoisotopic (exact) mass is 298 g/mol. The number of benzene rings is 2. The highest BCUT2D eigenvalue weighted by Crippen LogP contribution is 2.32. The van der Waals surface area contributed by atoms with Crippen molar-refractivity contribution in [3.63, 3.8) is 0 Å². The minimum atomic E-state index is -0.477. The minimum absolute atomic E-state index is 0.477. The summed E-state index contributed by atoms with van der Waals surface area (Å²) in [5.41, 5.74) is 2.59. The maximum absolute atomic E-state index is 12.7. The van der Waals surface area contributed by atoms with Crippen LogP contribution in [0.2, 0.25) is 5.02 Å². The number of alkyl halides is 1. The summed E-state index contributed by atoms with van der Waals surface area (Å²) >= 11 is 9.35. The van der Waals surface area contributed by atoms with Crippen LogP contribution >= 0.6 is 27.5 Å². The topological polar surface area (TPSA) is 0 Å². The van der Waals surface area contributed by atoms with Crippen LogP contribution in [0.25, 0.3) is 11.1 Å². The molecule has 0 aliphatic carbocycles. The highest BCUT2D eigenvalue weighted by molar-refractivity contribution is 9.10. The van der Waals surface area contributed by atoms with E-state index in [1.807, 2.05) is 36.4 Å². The maximum atomic E-state index is 12.7. The fraction of sp³-hybridized carbons (Fsp3) is 0.0769. The van der Waals surface area contributed by atoms with E-state index in [1.165, 1.54) is 0 Å². The average molecular weight is 300 g/mol. The molecular weight excluding hydrogens is 290 g/mol. The molecule has 0 saturated carbocycles. The first-order valence-corrected chi connectivity index (χ1v) is 5.99. The largest absolute Gasteiger partial charge is 0.246 e. The van der Waals surface area contributed by atoms with Gasteiger partial charge >= 0.3 is 0 Å². The normalized spacial score (nSPS) is 10.4. The molecule has 0 unspecified atom stereocenters. The first kappa shape index (κ1) is 11.6. The summed E-state index contributed by atoms with van der Waals surface area (Å²) in [4.78, 5) is 0. The Hall–Kier alpha value is -0.860. The van der Waals surface area contributed by atoms with Crippen molar-refractivity contribution in [2.75, 3.05) is 0 Å². The molecule has 0 aliphatic rings. The van der Waals surface area contributed by atoms with Gasteiger partial charge in [-0.1, -0.05) is 41.9 Å². The van der Waals surface area contributed by atoms with Crippen LogP contribution in [0, 0.1) is 0 Å². The van der Waals surface area contributed by atoms with Gasteiger partial charge in [0.2, 0.25) is 0 Å². The molecule has 0 N–H and O–H groups in total. The Kier molecular flexibility index (Phi) is 3.62. The van der Waals surface area contributed by atoms with Crippen LogP contribution in [0.3, 0.4) is 0 Å². The molecule has 0 atom stereocenters. The summed E-state index contributed by atoms with van der Waals surface area (Å²) in [5.74, 6) is 0. The number of halogens is 3. The third-order valence-electron chi connectivity index (χ3n) is 2.36. The summed E-state index contributed by atoms with van der Waals surface area (Å²) < 4.78 is 13.5. The van der Waals surface area contributed by atoms with Crippen molar-refractivity contribution in [3.05, 3.63) is 57.5 Å². The van der Waals surface area contributed by atoms with E-state index in [4.69, 9.17) is 11.6 Å². The molecule has 0 aliphatic heterocycles. The highest BCUT2D eigenvalue weighted by Gasteiger charge is 2.07. The van der Waals surface area contributed by atoms with E-state index in [2.05, 4.69) is 15.9 Å². The number of rotatable bonds is 2. The molecule has 0 heterocycles. The van der Waals surface area contributed by atoms with Gasteiger partial charge in [-0.2, -0.15) is 0 Å². The zero-order valence-corrected chi connectivity index (χ0v) is 10.7. The van der Waals surface area contributed by atoms with Crippen LogP contribution in [0.15, 0.2) is 46.9 Å². The third kappa shape index (κ3) is 2.28. The lowest BCUT2D eigenvalue weighted by molar-refractivity contribution is 0.484. The summed E-state index contributed by atoms with van der Waals surface area (Å²) in [6.07, 6.45) is 0. The Morgan fingerprint density at radius 3 is 2.56 bits per heavy atom. The summed E-state index contributed by atoms with van der Waals surface area (Å²) in [5, 5.41) is 0.676. The van der Waals surface area contributed by atoms with Gasteiger partial charge in [0.1, 0.15) is 6.67 Å². The van der Waals surface area contributed by atoms with Crippen LogP contribution in [0.4, 0.5) is 4.39 Å². The van der Waals surface area contributed by atoms with Crippen LogP contribution in [-0.2, 0) is 6.67 Å². The summed E-state index contributed by atoms with van der Waals surface area (Å²) in [6.45, 7) is -0.477. The first-order valence-electron chi connectivity index (χ1n) is 4.81. The van der Waals surface area contributed by atoms with Crippen molar-refractivity contribution in [2.24, 2.45) is 0 Å². The van der Waals surface area contributed by atoms with Gasteiger partial charge in [-0.3, -0.25) is 0 Å². The second-order valence-corrected chi connectivity index (χ2v) is 4.65. The maximum Gasteiger partial charge on any atom is 0.116 e. The van der Waals surface area contributed by atoms with Crippen molar-refractivity contribution in [3.8, 4) is 11.1 Å². The Morgan fingerprint density at radius 1 is 1.12 bits per heavy atom. The molecule has 2 aromatic rings. The van der Waals surface area contributed by atoms with Crippen molar-refractivity contribution < 1.29 is 4.39 Å². The van der Waals surface area contributed by atoms with E-state index in [-0.39, 0.29) is 0 Å². The predicted molar refractivity (Wildman–Crippen MR) is 69.4 cm³/mol. The van der Waals surface area contributed by atoms with Gasteiger partial charge < -0.3 is 0 Å². The van der Waals surface area contributed by atoms with E-state index in [1.54, 1.807) is 6.07 Å². The van der Waals surface area contributed by atoms with Gasteiger partial charge in [0.05, 0.1) is 0 Å². The molecule has 0 fully saturated rings. The molecule has 0 spiro atoms. The number of hydrogen-bond acceptors (Lipinski definition) is 0. The molecule has 0 amide bonds. The molecule has 0 aromatic heterocycles. The zero-order chi connectivity index (χ0) is 11.5. The fourth-order valence-electron chi connectivity index (χ4n) is 1.56. The van der Waals surface area contributed by atoms with Crippen molar-refractivity contribution in [2.45, 2.75) is 6.67 Å². The average Bonchev–Trinajstić information content (AvgIpc) is 2.29. The Bertz CT molecular complexity index is 511. The Balaban J connectivity index is 2.56. The molecular formula is C13H9BrClF. The lowest BCUT2D eigenvalue weighted by Gasteiger charge is -2.08. The van der Waals surface area contributed by atoms with Gasteiger partial charge in [0.15, 0.2) is 0 Å². The second kappa shape index (κ2) is 4.98. The minimum Gasteiger partial charge on any atom is -0.246 e. The molecule has 0 saturated heterocycles. The predicted octanol–water partition coefficient (Wildman–Crippen LogP) is 5.24. The van der Waals surface area contributed by atoms with Crippen LogP contribution in [0.1, 0.15) is 5.56 Å². The van der Waals surface area contributed by atoms with E-state index >= 15 is 0 Å². The van der Waals surface area contributed by atoms with E-state index < -0.39 is 6.67 Å². The van der Waals surface area contributed by atoms with Gasteiger partial charge in [-0.15, -0.1) is 0 Å². The second-order valence-electron chi connectivity index (χ2n) is 3.42. The quantitative estimate of drug-likeness (QED) is 0.711. The molecule has 0 bridgehead atoms. The smallest absolute Gasteiger partial charge is 0.116 e. The van der Waals surface area contributed by atoms with Crippen LogP contribution in [0.5, 0.6) is 0 Å². The summed E-state index contributed by atoms with van der Waals surface area (Å²) in [7, 11) is 0. The molecule has 0 radical (unpaired) electrons. The van der Waals surface area contributed by atoms with Gasteiger partial charge in [0, 0.05) is 9.50 Å². The standard InChI is InChI=1S/C13H9BrClF/c14-13-10(8-16)4-2-6-12(13)9-3-1-5-11(15)7-9/h1-7H,8H2. The lowest BCUT2D eigenvalue weighted by atomic mass is 10.0. The SMILES string of the molecule is FCc1cccc(-c2cccc(Cl)c2)c1Br. The van der Waals surface area contributed by atoms with E-state index in [0.717, 1.165) is 15.6 Å². The van der Waals surface area contributed by atoms with Gasteiger partial charge in [-0.25, -0.2) is 4.39 Å². The van der Waals surface area contributed by atoms with Gasteiger partial charge in [0.25, 0.3) is 0 Å².